The summed E-state index contributed by atoms with van der Waals surface area (Å²) in [5, 5.41) is 0. The number of ketones is 3. The normalized spacial score (nSPS) is 21.6. The van der Waals surface area contributed by atoms with E-state index in [1.165, 1.54) is 14.0 Å². The van der Waals surface area contributed by atoms with Crippen molar-refractivity contribution in [3.05, 3.63) is 64.8 Å². The van der Waals surface area contributed by atoms with Gasteiger partial charge in [0.2, 0.25) is 5.78 Å². The van der Waals surface area contributed by atoms with Crippen LogP contribution in [0.15, 0.2) is 59.2 Å². The molecule has 0 saturated heterocycles. The number of allylic oxidation sites excluding steroid dienone is 1. The van der Waals surface area contributed by atoms with Gasteiger partial charge in [-0.1, -0.05) is 6.58 Å². The standard InChI is InChI=1S/C21H18O6/c1-11-9-15-18(20(25)27-21(15,3)19(24)12(11)2)17(23)10-16(22)13-5-7-14(26-4)8-6-13/h5-9H,2,10H2,1,3-4H3. The van der Waals surface area contributed by atoms with Crippen LogP contribution >= 0.6 is 0 Å². The summed E-state index contributed by atoms with van der Waals surface area (Å²) in [7, 11) is 1.51. The van der Waals surface area contributed by atoms with E-state index in [0.717, 1.165) is 0 Å². The highest BCUT2D eigenvalue weighted by Crippen LogP contribution is 2.42. The number of methoxy groups -OCH3 is 1. The summed E-state index contributed by atoms with van der Waals surface area (Å²) >= 11 is 0. The average Bonchev–Trinajstić information content (AvgIpc) is 2.90. The van der Waals surface area contributed by atoms with Crippen LogP contribution in [0.25, 0.3) is 0 Å². The van der Waals surface area contributed by atoms with Gasteiger partial charge in [0.1, 0.15) is 11.3 Å². The maximum absolute atomic E-state index is 12.7. The summed E-state index contributed by atoms with van der Waals surface area (Å²) < 4.78 is 10.3. The quantitative estimate of drug-likeness (QED) is 0.262. The highest BCUT2D eigenvalue weighted by molar-refractivity contribution is 6.28. The zero-order valence-corrected chi connectivity index (χ0v) is 15.3. The van der Waals surface area contributed by atoms with E-state index in [2.05, 4.69) is 6.58 Å². The molecule has 0 aromatic heterocycles. The highest BCUT2D eigenvalue weighted by Gasteiger charge is 2.53. The fourth-order valence-electron chi connectivity index (χ4n) is 3.17. The van der Waals surface area contributed by atoms with Gasteiger partial charge in [-0.25, -0.2) is 4.79 Å². The van der Waals surface area contributed by atoms with Gasteiger partial charge < -0.3 is 9.47 Å². The van der Waals surface area contributed by atoms with Crippen molar-refractivity contribution in [2.45, 2.75) is 25.9 Å². The predicted molar refractivity (Wildman–Crippen MR) is 96.4 cm³/mol. The third-order valence-electron chi connectivity index (χ3n) is 4.84. The first-order chi connectivity index (χ1) is 12.7. The highest BCUT2D eigenvalue weighted by atomic mass is 16.6. The van der Waals surface area contributed by atoms with E-state index in [1.807, 2.05) is 0 Å². The van der Waals surface area contributed by atoms with Gasteiger partial charge in [0, 0.05) is 16.7 Å². The first kappa shape index (κ1) is 18.5. The van der Waals surface area contributed by atoms with Gasteiger partial charge in [0.05, 0.1) is 13.5 Å². The maximum Gasteiger partial charge on any atom is 0.343 e. The van der Waals surface area contributed by atoms with Gasteiger partial charge in [-0.3, -0.25) is 14.4 Å². The van der Waals surface area contributed by atoms with E-state index < -0.39 is 35.3 Å². The summed E-state index contributed by atoms with van der Waals surface area (Å²) in [5.74, 6) is -1.89. The third kappa shape index (κ3) is 2.93. The molecule has 6 heteroatoms. The number of benzene rings is 1. The monoisotopic (exact) mass is 366 g/mol. The van der Waals surface area contributed by atoms with Crippen LogP contribution in [-0.4, -0.2) is 36.0 Å². The number of ether oxygens (including phenoxy) is 2. The van der Waals surface area contributed by atoms with Crippen LogP contribution in [0.3, 0.4) is 0 Å². The first-order valence-electron chi connectivity index (χ1n) is 8.30. The predicted octanol–water partition coefficient (Wildman–Crippen LogP) is 2.53. The summed E-state index contributed by atoms with van der Waals surface area (Å²) in [4.78, 5) is 49.9. The van der Waals surface area contributed by atoms with Crippen molar-refractivity contribution in [1.82, 2.24) is 0 Å². The number of rotatable bonds is 5. The number of carbonyl (C=O) groups excluding carboxylic acids is 4. The lowest BCUT2D eigenvalue weighted by molar-refractivity contribution is -0.153. The van der Waals surface area contributed by atoms with Gasteiger partial charge in [0.15, 0.2) is 17.2 Å². The van der Waals surface area contributed by atoms with Crippen molar-refractivity contribution >= 4 is 23.3 Å². The minimum atomic E-state index is -1.57. The Morgan fingerprint density at radius 2 is 1.78 bits per heavy atom. The molecule has 1 heterocycles. The Balaban J connectivity index is 1.93. The number of carbonyl (C=O) groups is 4. The summed E-state index contributed by atoms with van der Waals surface area (Å²) in [6, 6.07) is 6.30. The van der Waals surface area contributed by atoms with Gasteiger partial charge >= 0.3 is 5.97 Å². The fourth-order valence-corrected chi connectivity index (χ4v) is 3.17. The molecule has 0 bridgehead atoms. The molecule has 0 fully saturated rings. The number of esters is 1. The van der Waals surface area contributed by atoms with Gasteiger partial charge in [0.25, 0.3) is 0 Å². The Hall–Kier alpha value is -3.28. The van der Waals surface area contributed by atoms with Crippen molar-refractivity contribution in [3.8, 4) is 5.75 Å². The molecule has 138 valence electrons. The Labute approximate surface area is 156 Å². The third-order valence-corrected chi connectivity index (χ3v) is 4.84. The molecule has 2 aliphatic rings. The topological polar surface area (TPSA) is 86.7 Å². The van der Waals surface area contributed by atoms with E-state index in [4.69, 9.17) is 9.47 Å². The molecule has 1 aromatic carbocycles. The second-order valence-electron chi connectivity index (χ2n) is 6.60. The second kappa shape index (κ2) is 6.46. The van der Waals surface area contributed by atoms with Gasteiger partial charge in [-0.15, -0.1) is 0 Å². The van der Waals surface area contributed by atoms with Crippen molar-refractivity contribution < 1.29 is 28.7 Å². The zero-order valence-electron chi connectivity index (χ0n) is 15.3. The Bertz CT molecular complexity index is 961. The van der Waals surface area contributed by atoms with Crippen molar-refractivity contribution in [1.29, 1.82) is 0 Å². The van der Waals surface area contributed by atoms with E-state index in [0.29, 0.717) is 16.9 Å². The Kier molecular flexibility index (Phi) is 4.43. The van der Waals surface area contributed by atoms with Crippen molar-refractivity contribution in [2.75, 3.05) is 7.11 Å². The number of fused-ring (bicyclic) bond motifs is 1. The molecule has 0 radical (unpaired) electrons. The molecule has 0 saturated carbocycles. The van der Waals surface area contributed by atoms with Crippen LogP contribution < -0.4 is 4.74 Å². The SMILES string of the molecule is C=C1C(=O)C2(C)OC(=O)C(C(=O)CC(=O)c3ccc(OC)cc3)=C2C=C1C. The van der Waals surface area contributed by atoms with Crippen LogP contribution in [0, 0.1) is 0 Å². The van der Waals surface area contributed by atoms with E-state index >= 15 is 0 Å². The molecule has 1 aliphatic carbocycles. The lowest BCUT2D eigenvalue weighted by Gasteiger charge is -2.28. The summed E-state index contributed by atoms with van der Waals surface area (Å²) in [6.45, 7) is 6.80. The molecule has 0 N–H and O–H groups in total. The molecular weight excluding hydrogens is 348 g/mol. The Morgan fingerprint density at radius 1 is 1.15 bits per heavy atom. The minimum absolute atomic E-state index is 0.190. The van der Waals surface area contributed by atoms with Crippen LogP contribution in [0.2, 0.25) is 0 Å². The molecule has 27 heavy (non-hydrogen) atoms. The number of Topliss-reactive ketones (excluding diaryl/α,β-unsaturated/α-hetero) is 3. The molecule has 6 nitrogen and oxygen atoms in total. The van der Waals surface area contributed by atoms with Crippen LogP contribution in [0.4, 0.5) is 0 Å². The van der Waals surface area contributed by atoms with Crippen LogP contribution in [-0.2, 0) is 19.1 Å². The van der Waals surface area contributed by atoms with Crippen molar-refractivity contribution in [3.63, 3.8) is 0 Å². The number of hydrogen-bond acceptors (Lipinski definition) is 6. The summed E-state index contributed by atoms with van der Waals surface area (Å²) in [6.07, 6.45) is 1.05. The zero-order chi connectivity index (χ0) is 19.9. The molecule has 1 aliphatic heterocycles. The molecule has 1 atom stereocenters. The maximum atomic E-state index is 12.7. The lowest BCUT2D eigenvalue weighted by atomic mass is 9.78. The molecule has 1 unspecified atom stereocenters. The van der Waals surface area contributed by atoms with Crippen molar-refractivity contribution in [2.24, 2.45) is 0 Å². The minimum Gasteiger partial charge on any atom is -0.497 e. The lowest BCUT2D eigenvalue weighted by Crippen LogP contribution is -2.41. The van der Waals surface area contributed by atoms with Crippen LogP contribution in [0.5, 0.6) is 5.75 Å². The molecule has 3 rings (SSSR count). The summed E-state index contributed by atoms with van der Waals surface area (Å²) in [5.41, 5.74) is -0.519. The molecule has 1 aromatic rings. The van der Waals surface area contributed by atoms with E-state index in [9.17, 15) is 19.2 Å². The van der Waals surface area contributed by atoms with Crippen LogP contribution in [0.1, 0.15) is 30.6 Å². The largest absolute Gasteiger partial charge is 0.497 e. The first-order valence-corrected chi connectivity index (χ1v) is 8.30. The molecule has 0 amide bonds. The average molecular weight is 366 g/mol. The van der Waals surface area contributed by atoms with E-state index in [-0.39, 0.29) is 16.7 Å². The van der Waals surface area contributed by atoms with Gasteiger partial charge in [-0.2, -0.15) is 0 Å². The number of hydrogen-bond donors (Lipinski definition) is 0. The Morgan fingerprint density at radius 3 is 2.37 bits per heavy atom. The molecule has 0 spiro atoms. The smallest absolute Gasteiger partial charge is 0.343 e. The fraction of sp³-hybridized carbons (Fsp3) is 0.238. The van der Waals surface area contributed by atoms with E-state index in [1.54, 1.807) is 37.3 Å². The molecular formula is C21H18O6. The van der Waals surface area contributed by atoms with Gasteiger partial charge in [-0.05, 0) is 49.8 Å². The second-order valence-corrected chi connectivity index (χ2v) is 6.60.